The van der Waals surface area contributed by atoms with Crippen LogP contribution in [0.3, 0.4) is 0 Å². The summed E-state index contributed by atoms with van der Waals surface area (Å²) in [5.74, 6) is -0.361. The first-order valence-electron chi connectivity index (χ1n) is 13.4. The second-order valence-electron chi connectivity index (χ2n) is 9.65. The summed E-state index contributed by atoms with van der Waals surface area (Å²) in [6.07, 6.45) is 17.7. The Morgan fingerprint density at radius 1 is 0.750 bits per heavy atom. The van der Waals surface area contributed by atoms with Gasteiger partial charge in [0.1, 0.15) is 12.7 Å². The minimum absolute atomic E-state index is 0.0213. The van der Waals surface area contributed by atoms with Gasteiger partial charge in [0.25, 0.3) is 0 Å². The van der Waals surface area contributed by atoms with Crippen molar-refractivity contribution < 1.29 is 19.1 Å². The van der Waals surface area contributed by atoms with E-state index in [-0.39, 0.29) is 24.5 Å². The van der Waals surface area contributed by atoms with Crippen LogP contribution in [-0.2, 0) is 19.1 Å². The Balaban J connectivity index is 4.04. The highest BCUT2D eigenvalue weighted by atomic mass is 16.6. The number of rotatable bonds is 22. The topological polar surface area (TPSA) is 55.8 Å². The number of carbonyl (C=O) groups is 2. The Labute approximate surface area is 199 Å². The molecule has 5 heteroatoms. The number of hydrogen-bond acceptors (Lipinski definition) is 5. The molecule has 5 nitrogen and oxygen atoms in total. The van der Waals surface area contributed by atoms with Crippen LogP contribution in [0.2, 0.25) is 0 Å². The fourth-order valence-electron chi connectivity index (χ4n) is 3.88. The van der Waals surface area contributed by atoms with Gasteiger partial charge in [-0.3, -0.25) is 9.59 Å². The summed E-state index contributed by atoms with van der Waals surface area (Å²) in [7, 11) is 3.97. The zero-order chi connectivity index (χ0) is 24.0. The van der Waals surface area contributed by atoms with E-state index in [1.165, 1.54) is 57.8 Å². The Hall–Kier alpha value is -1.10. The van der Waals surface area contributed by atoms with Gasteiger partial charge in [0, 0.05) is 6.42 Å². The molecule has 0 aliphatic rings. The van der Waals surface area contributed by atoms with E-state index in [1.807, 2.05) is 19.0 Å². The third-order valence-electron chi connectivity index (χ3n) is 5.92. The number of hydrogen-bond donors (Lipinski definition) is 0. The van der Waals surface area contributed by atoms with E-state index in [1.54, 1.807) is 6.92 Å². The summed E-state index contributed by atoms with van der Waals surface area (Å²) in [5, 5.41) is 0. The second-order valence-corrected chi connectivity index (χ2v) is 9.65. The van der Waals surface area contributed by atoms with E-state index in [2.05, 4.69) is 13.8 Å². The van der Waals surface area contributed by atoms with Gasteiger partial charge in [0.05, 0.1) is 5.92 Å². The molecule has 2 atom stereocenters. The third kappa shape index (κ3) is 19.6. The Bertz CT molecular complexity index is 453. The van der Waals surface area contributed by atoms with Crippen molar-refractivity contribution in [3.8, 4) is 0 Å². The van der Waals surface area contributed by atoms with Gasteiger partial charge in [-0.1, -0.05) is 90.9 Å². The first kappa shape index (κ1) is 30.9. The molecular formula is C27H53NO4. The van der Waals surface area contributed by atoms with Gasteiger partial charge in [-0.25, -0.2) is 0 Å². The van der Waals surface area contributed by atoms with E-state index in [0.717, 1.165) is 45.1 Å². The van der Waals surface area contributed by atoms with Gasteiger partial charge in [-0.05, 0) is 46.8 Å². The minimum Gasteiger partial charge on any atom is -0.462 e. The number of ether oxygens (including phenoxy) is 2. The first-order valence-corrected chi connectivity index (χ1v) is 13.4. The molecule has 0 saturated heterocycles. The molecule has 0 heterocycles. The van der Waals surface area contributed by atoms with Crippen molar-refractivity contribution in [3.05, 3.63) is 0 Å². The highest BCUT2D eigenvalue weighted by Gasteiger charge is 2.21. The fourth-order valence-corrected chi connectivity index (χ4v) is 3.88. The molecule has 0 fully saturated rings. The van der Waals surface area contributed by atoms with Crippen LogP contribution in [0.4, 0.5) is 0 Å². The van der Waals surface area contributed by atoms with Gasteiger partial charge in [-0.15, -0.1) is 0 Å². The summed E-state index contributed by atoms with van der Waals surface area (Å²) in [5.41, 5.74) is 0. The normalized spacial score (nSPS) is 13.2. The van der Waals surface area contributed by atoms with Gasteiger partial charge < -0.3 is 14.4 Å². The monoisotopic (exact) mass is 455 g/mol. The molecule has 0 aromatic rings. The van der Waals surface area contributed by atoms with E-state index in [4.69, 9.17) is 9.47 Å². The Morgan fingerprint density at radius 3 is 1.84 bits per heavy atom. The van der Waals surface area contributed by atoms with E-state index in [0.29, 0.717) is 6.42 Å². The standard InChI is InChI=1S/C27H53NO4/c1-6-8-10-11-12-13-14-15-16-17-20-25(19-9-7-2)27(30)31-23-24(3)32-26(29)21-18-22-28(4)5/h24-25H,6-23H2,1-5H3. The molecule has 2 unspecified atom stereocenters. The summed E-state index contributed by atoms with van der Waals surface area (Å²) in [6, 6.07) is 0. The number of esters is 2. The molecule has 0 amide bonds. The molecule has 190 valence electrons. The molecule has 0 spiro atoms. The van der Waals surface area contributed by atoms with Crippen molar-refractivity contribution in [2.24, 2.45) is 5.92 Å². The summed E-state index contributed by atoms with van der Waals surface area (Å²) < 4.78 is 10.9. The number of nitrogens with zero attached hydrogens (tertiary/aromatic N) is 1. The van der Waals surface area contributed by atoms with Crippen molar-refractivity contribution in [2.45, 2.75) is 130 Å². The number of unbranched alkanes of at least 4 members (excludes halogenated alkanes) is 10. The molecule has 0 saturated carbocycles. The van der Waals surface area contributed by atoms with Crippen molar-refractivity contribution in [1.82, 2.24) is 4.90 Å². The fraction of sp³-hybridized carbons (Fsp3) is 0.926. The largest absolute Gasteiger partial charge is 0.462 e. The molecule has 0 rings (SSSR count). The molecule has 0 N–H and O–H groups in total. The van der Waals surface area contributed by atoms with Crippen LogP contribution >= 0.6 is 0 Å². The maximum Gasteiger partial charge on any atom is 0.309 e. The lowest BCUT2D eigenvalue weighted by Crippen LogP contribution is -2.26. The summed E-state index contributed by atoms with van der Waals surface area (Å²) in [4.78, 5) is 26.5. The van der Waals surface area contributed by atoms with Crippen LogP contribution in [0.25, 0.3) is 0 Å². The van der Waals surface area contributed by atoms with Gasteiger partial charge in [0.15, 0.2) is 0 Å². The van der Waals surface area contributed by atoms with Crippen molar-refractivity contribution in [3.63, 3.8) is 0 Å². The van der Waals surface area contributed by atoms with Gasteiger partial charge >= 0.3 is 11.9 Å². The quantitative estimate of drug-likeness (QED) is 0.131. The molecule has 0 aromatic heterocycles. The van der Waals surface area contributed by atoms with Gasteiger partial charge in [-0.2, -0.15) is 0 Å². The molecule has 0 aliphatic carbocycles. The molecular weight excluding hydrogens is 402 g/mol. The van der Waals surface area contributed by atoms with Crippen LogP contribution in [0.1, 0.15) is 124 Å². The molecule has 0 radical (unpaired) electrons. The van der Waals surface area contributed by atoms with E-state index < -0.39 is 6.10 Å². The van der Waals surface area contributed by atoms with Crippen LogP contribution in [0.15, 0.2) is 0 Å². The average Bonchev–Trinajstić information content (AvgIpc) is 2.75. The first-order chi connectivity index (χ1) is 15.4. The van der Waals surface area contributed by atoms with Crippen LogP contribution in [0, 0.1) is 5.92 Å². The highest BCUT2D eigenvalue weighted by Crippen LogP contribution is 2.20. The van der Waals surface area contributed by atoms with Crippen molar-refractivity contribution >= 4 is 11.9 Å². The SMILES string of the molecule is CCCCCCCCCCCCC(CCCC)C(=O)OCC(C)OC(=O)CCCN(C)C. The van der Waals surface area contributed by atoms with Crippen molar-refractivity contribution in [2.75, 3.05) is 27.2 Å². The molecule has 0 aromatic carbocycles. The Kier molecular flexibility index (Phi) is 21.0. The zero-order valence-electron chi connectivity index (χ0n) is 22.0. The maximum absolute atomic E-state index is 12.6. The minimum atomic E-state index is -0.394. The highest BCUT2D eigenvalue weighted by molar-refractivity contribution is 5.72. The predicted octanol–water partition coefficient (Wildman–Crippen LogP) is 6.92. The maximum atomic E-state index is 12.6. The lowest BCUT2D eigenvalue weighted by Gasteiger charge is -2.18. The number of carbonyl (C=O) groups excluding carboxylic acids is 2. The molecule has 32 heavy (non-hydrogen) atoms. The lowest BCUT2D eigenvalue weighted by molar-refractivity contribution is -0.160. The molecule has 0 aliphatic heterocycles. The van der Waals surface area contributed by atoms with Gasteiger partial charge in [0.2, 0.25) is 0 Å². The Morgan fingerprint density at radius 2 is 1.28 bits per heavy atom. The van der Waals surface area contributed by atoms with Crippen molar-refractivity contribution in [1.29, 1.82) is 0 Å². The molecule has 0 bridgehead atoms. The van der Waals surface area contributed by atoms with E-state index in [9.17, 15) is 9.59 Å². The van der Waals surface area contributed by atoms with Crippen LogP contribution in [0.5, 0.6) is 0 Å². The van der Waals surface area contributed by atoms with Crippen LogP contribution in [-0.4, -0.2) is 50.2 Å². The zero-order valence-corrected chi connectivity index (χ0v) is 22.0. The smallest absolute Gasteiger partial charge is 0.309 e. The van der Waals surface area contributed by atoms with Crippen LogP contribution < -0.4 is 0 Å². The summed E-state index contributed by atoms with van der Waals surface area (Å²) >= 11 is 0. The average molecular weight is 456 g/mol. The third-order valence-corrected chi connectivity index (χ3v) is 5.92. The lowest BCUT2D eigenvalue weighted by atomic mass is 9.95. The summed E-state index contributed by atoms with van der Waals surface area (Å²) in [6.45, 7) is 7.21. The predicted molar refractivity (Wildman–Crippen MR) is 134 cm³/mol. The van der Waals surface area contributed by atoms with E-state index >= 15 is 0 Å². The second kappa shape index (κ2) is 21.7.